The van der Waals surface area contributed by atoms with E-state index in [4.69, 9.17) is 15.6 Å². The molecule has 6 nitrogen and oxygen atoms in total. The number of aliphatic carboxylic acids is 1. The minimum Gasteiger partial charge on any atom is -0.478 e. The number of allylic oxidation sites excluding steroid dienone is 1. The molecule has 1 N–H and O–H groups in total. The fourth-order valence-corrected chi connectivity index (χ4v) is 1.50. The quantitative estimate of drug-likeness (QED) is 0.229. The molecule has 0 radical (unpaired) electrons. The zero-order chi connectivity index (χ0) is 17.2. The van der Waals surface area contributed by atoms with E-state index < -0.39 is 11.9 Å². The minimum absolute atomic E-state index is 0.230. The van der Waals surface area contributed by atoms with Gasteiger partial charge < -0.3 is 9.84 Å². The highest BCUT2D eigenvalue weighted by atomic mass is 16.5. The van der Waals surface area contributed by atoms with Crippen LogP contribution in [0, 0.1) is 22.8 Å². The Bertz CT molecular complexity index is 456. The zero-order valence-electron chi connectivity index (χ0n) is 12.9. The van der Waals surface area contributed by atoms with Crippen LogP contribution in [-0.2, 0) is 14.3 Å². The molecule has 0 aromatic carbocycles. The van der Waals surface area contributed by atoms with E-state index in [-0.39, 0.29) is 5.57 Å². The number of hydrogen-bond donors (Lipinski definition) is 1. The number of carbonyl (C=O) groups is 2. The third kappa shape index (κ3) is 15.5. The van der Waals surface area contributed by atoms with E-state index in [1.165, 1.54) is 25.5 Å². The molecule has 0 aromatic heterocycles. The molecule has 0 rings (SSSR count). The second-order valence-corrected chi connectivity index (χ2v) is 4.34. The van der Waals surface area contributed by atoms with Gasteiger partial charge in [0.1, 0.15) is 0 Å². The number of carboxylic acids is 1. The number of nitrogens with zero attached hydrogens (tertiary/aromatic N) is 2. The molecule has 0 aliphatic heterocycles. The lowest BCUT2D eigenvalue weighted by Crippen LogP contribution is -2.00. The lowest BCUT2D eigenvalue weighted by molar-refractivity contribution is -0.133. The van der Waals surface area contributed by atoms with Crippen molar-refractivity contribution in [3.8, 4) is 12.3 Å². The van der Waals surface area contributed by atoms with Gasteiger partial charge in [-0.15, -0.1) is 5.26 Å². The van der Waals surface area contributed by atoms with Crippen LogP contribution in [0.25, 0.3) is 0 Å². The molecular weight excluding hydrogens is 284 g/mol. The smallest absolute Gasteiger partial charge is 0.345 e. The summed E-state index contributed by atoms with van der Waals surface area (Å²) in [4.78, 5) is 20.5. The van der Waals surface area contributed by atoms with Crippen molar-refractivity contribution in [1.29, 1.82) is 10.5 Å². The van der Waals surface area contributed by atoms with Crippen molar-refractivity contribution in [1.82, 2.24) is 0 Å². The summed E-state index contributed by atoms with van der Waals surface area (Å²) in [5.41, 5.74) is 0.230. The standard InChI is InChI=1S/C12H19NO2.C4H3NO2/c1-2-3-4-5-6-7-8-11(9-10-13)12(14)15;1-2-4(6)7-3-5/h9H,2-8H2,1H3,(H,14,15);2H,1H2. The van der Waals surface area contributed by atoms with Gasteiger partial charge in [0.2, 0.25) is 0 Å². The van der Waals surface area contributed by atoms with Gasteiger partial charge in [0.25, 0.3) is 6.26 Å². The Hall–Kier alpha value is -2.60. The molecule has 0 saturated carbocycles. The van der Waals surface area contributed by atoms with E-state index in [1.54, 1.807) is 6.07 Å². The van der Waals surface area contributed by atoms with Crippen LogP contribution in [0.4, 0.5) is 0 Å². The normalized spacial score (nSPS) is 9.50. The van der Waals surface area contributed by atoms with Gasteiger partial charge in [0.05, 0.1) is 6.07 Å². The van der Waals surface area contributed by atoms with Crippen molar-refractivity contribution < 1.29 is 19.4 Å². The van der Waals surface area contributed by atoms with E-state index in [9.17, 15) is 9.59 Å². The first kappa shape index (κ1) is 21.7. The number of carboxylic acid groups (broad SMARTS) is 1. The summed E-state index contributed by atoms with van der Waals surface area (Å²) in [5, 5.41) is 24.7. The molecular formula is C16H22N2O4. The monoisotopic (exact) mass is 306 g/mol. The van der Waals surface area contributed by atoms with Crippen LogP contribution in [0.1, 0.15) is 51.9 Å². The second kappa shape index (κ2) is 16.5. The average Bonchev–Trinajstić information content (AvgIpc) is 2.50. The van der Waals surface area contributed by atoms with Gasteiger partial charge in [-0.05, 0) is 12.8 Å². The van der Waals surface area contributed by atoms with Crippen molar-refractivity contribution in [2.75, 3.05) is 0 Å². The topological polar surface area (TPSA) is 111 Å². The maximum absolute atomic E-state index is 10.6. The predicted octanol–water partition coefficient (Wildman–Crippen LogP) is 3.47. The van der Waals surface area contributed by atoms with Crippen LogP contribution >= 0.6 is 0 Å². The van der Waals surface area contributed by atoms with Gasteiger partial charge in [-0.3, -0.25) is 0 Å². The molecule has 0 spiro atoms. The van der Waals surface area contributed by atoms with Crippen LogP contribution in [0.3, 0.4) is 0 Å². The molecule has 0 bridgehead atoms. The highest BCUT2D eigenvalue weighted by Gasteiger charge is 2.05. The van der Waals surface area contributed by atoms with Crippen molar-refractivity contribution in [3.63, 3.8) is 0 Å². The molecule has 22 heavy (non-hydrogen) atoms. The van der Waals surface area contributed by atoms with Crippen molar-refractivity contribution in [3.05, 3.63) is 24.3 Å². The second-order valence-electron chi connectivity index (χ2n) is 4.34. The van der Waals surface area contributed by atoms with Crippen LogP contribution in [-0.4, -0.2) is 17.0 Å². The maximum atomic E-state index is 10.6. The summed E-state index contributed by atoms with van der Waals surface area (Å²) in [7, 11) is 0. The minimum atomic E-state index is -0.967. The van der Waals surface area contributed by atoms with E-state index in [0.717, 1.165) is 31.4 Å². The number of carbonyl (C=O) groups excluding carboxylic acids is 1. The van der Waals surface area contributed by atoms with Crippen molar-refractivity contribution in [2.24, 2.45) is 0 Å². The Morgan fingerprint density at radius 1 is 1.18 bits per heavy atom. The molecule has 0 fully saturated rings. The lowest BCUT2D eigenvalue weighted by atomic mass is 10.1. The number of rotatable bonds is 9. The Morgan fingerprint density at radius 2 is 1.77 bits per heavy atom. The first-order valence-electron chi connectivity index (χ1n) is 7.07. The molecule has 0 heterocycles. The maximum Gasteiger partial charge on any atom is 0.345 e. The summed E-state index contributed by atoms with van der Waals surface area (Å²) < 4.78 is 3.74. The van der Waals surface area contributed by atoms with Gasteiger partial charge in [-0.1, -0.05) is 45.6 Å². The van der Waals surface area contributed by atoms with E-state index in [0.29, 0.717) is 6.42 Å². The van der Waals surface area contributed by atoms with E-state index >= 15 is 0 Å². The molecule has 0 saturated heterocycles. The zero-order valence-corrected chi connectivity index (χ0v) is 12.9. The Balaban J connectivity index is 0. The molecule has 0 aromatic rings. The lowest BCUT2D eigenvalue weighted by Gasteiger charge is -2.01. The average molecular weight is 306 g/mol. The number of nitriles is 2. The van der Waals surface area contributed by atoms with Crippen LogP contribution in [0.2, 0.25) is 0 Å². The molecule has 120 valence electrons. The largest absolute Gasteiger partial charge is 0.478 e. The van der Waals surface area contributed by atoms with Gasteiger partial charge in [0, 0.05) is 17.7 Å². The fraction of sp³-hybridized carbons (Fsp3) is 0.500. The van der Waals surface area contributed by atoms with E-state index in [1.807, 2.05) is 0 Å². The first-order chi connectivity index (χ1) is 10.5. The third-order valence-corrected chi connectivity index (χ3v) is 2.63. The van der Waals surface area contributed by atoms with Crippen LogP contribution < -0.4 is 0 Å². The third-order valence-electron chi connectivity index (χ3n) is 2.63. The highest BCUT2D eigenvalue weighted by molar-refractivity contribution is 5.87. The number of unbranched alkanes of at least 4 members (excludes halogenated alkanes) is 5. The molecule has 0 aliphatic carbocycles. The number of ether oxygens (including phenoxy) is 1. The summed E-state index contributed by atoms with van der Waals surface area (Å²) in [5.74, 6) is -1.69. The summed E-state index contributed by atoms with van der Waals surface area (Å²) in [6.45, 7) is 5.22. The Kier molecular flexibility index (Phi) is 16.2. The van der Waals surface area contributed by atoms with Gasteiger partial charge >= 0.3 is 11.9 Å². The fourth-order valence-electron chi connectivity index (χ4n) is 1.50. The van der Waals surface area contributed by atoms with Gasteiger partial charge in [0.15, 0.2) is 0 Å². The number of esters is 1. The predicted molar refractivity (Wildman–Crippen MR) is 81.2 cm³/mol. The molecule has 0 amide bonds. The van der Waals surface area contributed by atoms with Crippen molar-refractivity contribution >= 4 is 11.9 Å². The number of hydrogen-bond acceptors (Lipinski definition) is 5. The highest BCUT2D eigenvalue weighted by Crippen LogP contribution is 2.11. The van der Waals surface area contributed by atoms with Crippen LogP contribution in [0.15, 0.2) is 24.3 Å². The Labute approximate surface area is 131 Å². The van der Waals surface area contributed by atoms with Crippen molar-refractivity contribution in [2.45, 2.75) is 51.9 Å². The Morgan fingerprint density at radius 3 is 2.18 bits per heavy atom. The molecule has 6 heteroatoms. The summed E-state index contributed by atoms with van der Waals surface area (Å²) >= 11 is 0. The van der Waals surface area contributed by atoms with Crippen LogP contribution in [0.5, 0.6) is 0 Å². The van der Waals surface area contributed by atoms with E-state index in [2.05, 4.69) is 18.2 Å². The SMILES string of the molecule is C=CC(=O)OC#N.CCCCCCCCC(=CC#N)C(=O)O. The van der Waals surface area contributed by atoms with Gasteiger partial charge in [-0.2, -0.15) is 5.26 Å². The van der Waals surface area contributed by atoms with Gasteiger partial charge in [-0.25, -0.2) is 9.59 Å². The summed E-state index contributed by atoms with van der Waals surface area (Å²) in [6, 6.07) is 1.77. The summed E-state index contributed by atoms with van der Waals surface area (Å²) in [6.07, 6.45) is 10.5. The molecule has 0 aliphatic rings. The molecule has 0 atom stereocenters. The molecule has 0 unspecified atom stereocenters. The first-order valence-corrected chi connectivity index (χ1v) is 7.07.